The molecule has 2 aromatic rings. The average molecular weight is 505 g/mol. The average Bonchev–Trinajstić information content (AvgIpc) is 2.90. The maximum absolute atomic E-state index is 10.5. The van der Waals surface area contributed by atoms with Crippen LogP contribution in [-0.2, 0) is 11.2 Å². The highest BCUT2D eigenvalue weighted by atomic mass is 16.3. The number of nitrogens with one attached hydrogen (secondary N) is 1. The van der Waals surface area contributed by atoms with E-state index in [1.54, 1.807) is 6.07 Å². The monoisotopic (exact) mass is 504 g/mol. The number of hydrogen-bond acceptors (Lipinski definition) is 6. The molecule has 0 spiro atoms. The number of rotatable bonds is 10. The normalized spacial score (nSPS) is 18.5. The first-order valence-electron chi connectivity index (χ1n) is 13.5. The summed E-state index contributed by atoms with van der Waals surface area (Å²) < 4.78 is 0. The van der Waals surface area contributed by atoms with Crippen molar-refractivity contribution < 1.29 is 9.90 Å². The molecule has 37 heavy (non-hydrogen) atoms. The van der Waals surface area contributed by atoms with Crippen molar-refractivity contribution in [3.8, 4) is 5.75 Å². The molecule has 200 valence electrons. The van der Waals surface area contributed by atoms with E-state index in [2.05, 4.69) is 64.4 Å². The summed E-state index contributed by atoms with van der Waals surface area (Å²) in [6, 6.07) is 16.6. The van der Waals surface area contributed by atoms with E-state index in [0.29, 0.717) is 18.2 Å². The zero-order valence-corrected chi connectivity index (χ0v) is 22.4. The molecule has 0 bridgehead atoms. The van der Waals surface area contributed by atoms with E-state index in [1.165, 1.54) is 5.56 Å². The van der Waals surface area contributed by atoms with E-state index in [0.717, 1.165) is 94.9 Å². The van der Waals surface area contributed by atoms with Crippen molar-refractivity contribution in [2.75, 3.05) is 58.9 Å². The Morgan fingerprint density at radius 2 is 1.78 bits per heavy atom. The molecule has 0 radical (unpaired) electrons. The molecule has 2 fully saturated rings. The molecule has 2 N–H and O–H groups in total. The van der Waals surface area contributed by atoms with Gasteiger partial charge in [0, 0.05) is 70.5 Å². The first-order valence-corrected chi connectivity index (χ1v) is 13.5. The van der Waals surface area contributed by atoms with Gasteiger partial charge in [-0.15, -0.1) is 6.58 Å². The Bertz CT molecular complexity index is 1000. The second-order valence-electron chi connectivity index (χ2n) is 10.0. The predicted octanol–water partition coefficient (Wildman–Crippen LogP) is 4.02. The molecule has 0 amide bonds. The molecule has 1 unspecified atom stereocenters. The predicted molar refractivity (Wildman–Crippen MR) is 154 cm³/mol. The summed E-state index contributed by atoms with van der Waals surface area (Å²) in [5.74, 6) is 0.305. The number of unbranched alkanes of at least 4 members (excludes halogenated alkanes) is 1. The van der Waals surface area contributed by atoms with Gasteiger partial charge in [0.25, 0.3) is 0 Å². The molecule has 4 rings (SSSR count). The Morgan fingerprint density at radius 3 is 2.46 bits per heavy atom. The number of phenolic OH excluding ortho intramolecular Hbond substituents is 1. The lowest BCUT2D eigenvalue weighted by molar-refractivity contribution is -0.108. The van der Waals surface area contributed by atoms with Crippen LogP contribution in [0.25, 0.3) is 5.70 Å². The van der Waals surface area contributed by atoms with Crippen LogP contribution in [0.5, 0.6) is 5.75 Å². The Labute approximate surface area is 223 Å². The SMILES string of the molecule is C=C(c1cccc(Cc2cccc(O)c2)c1)N1CCN(CCCC=O)CC1.C=CCN1CCNC(C)C1. The second kappa shape index (κ2) is 15.4. The molecule has 0 aliphatic carbocycles. The number of aldehydes is 1. The molecule has 0 saturated carbocycles. The molecule has 2 aliphatic rings. The number of nitrogens with zero attached hydrogens (tertiary/aromatic N) is 3. The van der Waals surface area contributed by atoms with Gasteiger partial charge in [0.05, 0.1) is 0 Å². The van der Waals surface area contributed by atoms with Gasteiger partial charge in [-0.3, -0.25) is 9.80 Å². The van der Waals surface area contributed by atoms with Crippen molar-refractivity contribution in [3.63, 3.8) is 0 Å². The quantitative estimate of drug-likeness (QED) is 0.290. The van der Waals surface area contributed by atoms with Gasteiger partial charge in [0.2, 0.25) is 0 Å². The highest BCUT2D eigenvalue weighted by Crippen LogP contribution is 2.22. The largest absolute Gasteiger partial charge is 0.508 e. The maximum atomic E-state index is 10.5. The molecule has 6 heteroatoms. The summed E-state index contributed by atoms with van der Waals surface area (Å²) in [6.07, 6.45) is 5.36. The van der Waals surface area contributed by atoms with E-state index in [1.807, 2.05) is 24.3 Å². The van der Waals surface area contributed by atoms with Crippen molar-refractivity contribution in [1.82, 2.24) is 20.0 Å². The number of aromatic hydroxyl groups is 1. The summed E-state index contributed by atoms with van der Waals surface area (Å²) in [6.45, 7) is 19.7. The van der Waals surface area contributed by atoms with Crippen LogP contribution in [0.15, 0.2) is 67.8 Å². The summed E-state index contributed by atoms with van der Waals surface area (Å²) in [4.78, 5) is 17.6. The Hall–Kier alpha value is -2.93. The lowest BCUT2D eigenvalue weighted by Gasteiger charge is -2.37. The molecule has 1 atom stereocenters. The van der Waals surface area contributed by atoms with Gasteiger partial charge in [-0.05, 0) is 61.2 Å². The first kappa shape index (κ1) is 28.6. The maximum Gasteiger partial charge on any atom is 0.120 e. The molecule has 2 heterocycles. The number of piperazine rings is 2. The van der Waals surface area contributed by atoms with Crippen LogP contribution in [0.3, 0.4) is 0 Å². The first-order chi connectivity index (χ1) is 18.0. The third kappa shape index (κ3) is 9.80. The van der Waals surface area contributed by atoms with Crippen LogP contribution in [-0.4, -0.2) is 91.0 Å². The molecule has 2 saturated heterocycles. The van der Waals surface area contributed by atoms with E-state index < -0.39 is 0 Å². The van der Waals surface area contributed by atoms with Gasteiger partial charge >= 0.3 is 0 Å². The molecule has 6 nitrogen and oxygen atoms in total. The minimum Gasteiger partial charge on any atom is -0.508 e. The number of hydrogen-bond donors (Lipinski definition) is 2. The highest BCUT2D eigenvalue weighted by molar-refractivity contribution is 5.62. The molecular formula is C31H44N4O2. The van der Waals surface area contributed by atoms with Crippen LogP contribution >= 0.6 is 0 Å². The smallest absolute Gasteiger partial charge is 0.120 e. The van der Waals surface area contributed by atoms with E-state index in [-0.39, 0.29) is 0 Å². The van der Waals surface area contributed by atoms with Crippen LogP contribution in [0.2, 0.25) is 0 Å². The number of benzene rings is 2. The van der Waals surface area contributed by atoms with Gasteiger partial charge in [-0.2, -0.15) is 0 Å². The Balaban J connectivity index is 0.000000319. The summed E-state index contributed by atoms with van der Waals surface area (Å²) in [7, 11) is 0. The number of carbonyl (C=O) groups is 1. The van der Waals surface area contributed by atoms with Crippen LogP contribution in [0, 0.1) is 0 Å². The van der Waals surface area contributed by atoms with Gasteiger partial charge in [0.1, 0.15) is 12.0 Å². The third-order valence-corrected chi connectivity index (χ3v) is 6.97. The van der Waals surface area contributed by atoms with Crippen LogP contribution < -0.4 is 5.32 Å². The third-order valence-electron chi connectivity index (χ3n) is 6.97. The minimum absolute atomic E-state index is 0.305. The summed E-state index contributed by atoms with van der Waals surface area (Å²) >= 11 is 0. The zero-order chi connectivity index (χ0) is 26.5. The lowest BCUT2D eigenvalue weighted by Crippen LogP contribution is -2.49. The zero-order valence-electron chi connectivity index (χ0n) is 22.4. The van der Waals surface area contributed by atoms with Crippen LogP contribution in [0.4, 0.5) is 0 Å². The Kier molecular flexibility index (Phi) is 11.9. The van der Waals surface area contributed by atoms with Crippen molar-refractivity contribution in [2.45, 2.75) is 32.2 Å². The summed E-state index contributed by atoms with van der Waals surface area (Å²) in [5.41, 5.74) is 4.54. The van der Waals surface area contributed by atoms with E-state index in [9.17, 15) is 9.90 Å². The van der Waals surface area contributed by atoms with Gasteiger partial charge in [-0.1, -0.05) is 43.0 Å². The summed E-state index contributed by atoms with van der Waals surface area (Å²) in [5, 5.41) is 13.0. The fraction of sp³-hybridized carbons (Fsp3) is 0.452. The number of carbonyl (C=O) groups excluding carboxylic acids is 1. The van der Waals surface area contributed by atoms with Crippen molar-refractivity contribution >= 4 is 12.0 Å². The highest BCUT2D eigenvalue weighted by Gasteiger charge is 2.18. The molecular weight excluding hydrogens is 460 g/mol. The molecule has 2 aromatic carbocycles. The lowest BCUT2D eigenvalue weighted by atomic mass is 10.0. The van der Waals surface area contributed by atoms with Gasteiger partial charge in [-0.25, -0.2) is 0 Å². The van der Waals surface area contributed by atoms with Crippen LogP contribution in [0.1, 0.15) is 36.5 Å². The van der Waals surface area contributed by atoms with E-state index in [4.69, 9.17) is 0 Å². The van der Waals surface area contributed by atoms with Crippen molar-refractivity contribution in [3.05, 3.63) is 84.5 Å². The number of phenols is 1. The Morgan fingerprint density at radius 1 is 1.05 bits per heavy atom. The van der Waals surface area contributed by atoms with Gasteiger partial charge < -0.3 is 20.1 Å². The topological polar surface area (TPSA) is 59.1 Å². The fourth-order valence-corrected chi connectivity index (χ4v) is 4.95. The van der Waals surface area contributed by atoms with Crippen molar-refractivity contribution in [1.29, 1.82) is 0 Å². The van der Waals surface area contributed by atoms with E-state index >= 15 is 0 Å². The standard InChI is InChI=1S/C23H28N2O2.C8H16N2/c1-19(25-13-11-24(12-14-25)10-2-3-15-26)22-8-4-6-20(17-22)16-21-7-5-9-23(27)18-21;1-3-5-10-6-4-9-8(2)7-10/h4-9,15,17-18,27H,1-3,10-14,16H2;3,8-9H,1,4-7H2,2H3. The minimum atomic E-state index is 0.305. The molecule has 0 aromatic heterocycles. The van der Waals surface area contributed by atoms with Crippen molar-refractivity contribution in [2.24, 2.45) is 0 Å². The second-order valence-corrected chi connectivity index (χ2v) is 10.0. The van der Waals surface area contributed by atoms with Gasteiger partial charge in [0.15, 0.2) is 0 Å². The fourth-order valence-electron chi connectivity index (χ4n) is 4.95. The molecule has 2 aliphatic heterocycles.